The number of anilines is 1. The number of hydrogen-bond acceptors (Lipinski definition) is 2. The van der Waals surface area contributed by atoms with Crippen LogP contribution in [0.4, 0.5) is 10.1 Å². The first-order valence-electron chi connectivity index (χ1n) is 7.95. The second-order valence-corrected chi connectivity index (χ2v) is 5.97. The van der Waals surface area contributed by atoms with Crippen LogP contribution in [0.5, 0.6) is 0 Å². The second-order valence-electron chi connectivity index (χ2n) is 5.97. The molecule has 0 unspecified atom stereocenters. The summed E-state index contributed by atoms with van der Waals surface area (Å²) in [5, 5.41) is 2.86. The molecule has 0 aliphatic carbocycles. The SMILES string of the molecule is CCC(=O)N1CC(=O)Nc2ccc(C)cc2[C@H]1c1ccc(F)cc1. The van der Waals surface area contributed by atoms with Crippen LogP contribution in [0.1, 0.15) is 36.1 Å². The number of nitrogens with zero attached hydrogens (tertiary/aromatic N) is 1. The maximum Gasteiger partial charge on any atom is 0.244 e. The molecule has 2 amide bonds. The highest BCUT2D eigenvalue weighted by Crippen LogP contribution is 2.36. The van der Waals surface area contributed by atoms with Crippen LogP contribution in [0, 0.1) is 12.7 Å². The molecule has 0 fully saturated rings. The van der Waals surface area contributed by atoms with Crippen molar-refractivity contribution in [1.29, 1.82) is 0 Å². The van der Waals surface area contributed by atoms with Gasteiger partial charge in [0.05, 0.1) is 6.04 Å². The fourth-order valence-electron chi connectivity index (χ4n) is 3.07. The molecular formula is C19H19FN2O2. The molecule has 0 aromatic heterocycles. The highest BCUT2D eigenvalue weighted by atomic mass is 19.1. The molecule has 0 radical (unpaired) electrons. The third-order valence-corrected chi connectivity index (χ3v) is 4.21. The van der Waals surface area contributed by atoms with Crippen molar-refractivity contribution >= 4 is 17.5 Å². The minimum absolute atomic E-state index is 0.0254. The summed E-state index contributed by atoms with van der Waals surface area (Å²) in [6.07, 6.45) is 0.298. The van der Waals surface area contributed by atoms with E-state index in [4.69, 9.17) is 0 Å². The Morgan fingerprint density at radius 2 is 1.96 bits per heavy atom. The Morgan fingerprint density at radius 1 is 1.25 bits per heavy atom. The Kier molecular flexibility index (Phi) is 4.34. The van der Waals surface area contributed by atoms with Gasteiger partial charge in [-0.05, 0) is 30.7 Å². The molecule has 1 aliphatic rings. The van der Waals surface area contributed by atoms with Crippen LogP contribution in [0.15, 0.2) is 42.5 Å². The summed E-state index contributed by atoms with van der Waals surface area (Å²) in [6.45, 7) is 3.70. The quantitative estimate of drug-likeness (QED) is 0.919. The van der Waals surface area contributed by atoms with E-state index in [1.807, 2.05) is 25.1 Å². The topological polar surface area (TPSA) is 49.4 Å². The predicted octanol–water partition coefficient (Wildman–Crippen LogP) is 3.41. The molecule has 124 valence electrons. The maximum atomic E-state index is 13.3. The summed E-state index contributed by atoms with van der Waals surface area (Å²) in [6, 6.07) is 11.4. The van der Waals surface area contributed by atoms with Crippen molar-refractivity contribution in [3.05, 3.63) is 65.0 Å². The van der Waals surface area contributed by atoms with E-state index in [9.17, 15) is 14.0 Å². The van der Waals surface area contributed by atoms with Gasteiger partial charge in [-0.3, -0.25) is 9.59 Å². The fraction of sp³-hybridized carbons (Fsp3) is 0.263. The van der Waals surface area contributed by atoms with Crippen molar-refractivity contribution in [3.8, 4) is 0 Å². The Bertz CT molecular complexity index is 786. The van der Waals surface area contributed by atoms with Gasteiger partial charge >= 0.3 is 0 Å². The average molecular weight is 326 g/mol. The van der Waals surface area contributed by atoms with Crippen molar-refractivity contribution in [2.24, 2.45) is 0 Å². The maximum absolute atomic E-state index is 13.3. The standard InChI is InChI=1S/C19H19FN2O2/c1-3-18(24)22-11-17(23)21-16-9-4-12(2)10-15(16)19(22)13-5-7-14(20)8-6-13/h4-10,19H,3,11H2,1-2H3,(H,21,23)/t19-/m1/s1. The molecule has 2 aromatic rings. The molecule has 1 atom stereocenters. The molecular weight excluding hydrogens is 307 g/mol. The van der Waals surface area contributed by atoms with Gasteiger partial charge in [-0.25, -0.2) is 4.39 Å². The molecule has 0 saturated carbocycles. The number of nitrogens with one attached hydrogen (secondary N) is 1. The lowest BCUT2D eigenvalue weighted by molar-refractivity contribution is -0.135. The Morgan fingerprint density at radius 3 is 2.62 bits per heavy atom. The summed E-state index contributed by atoms with van der Waals surface area (Å²) < 4.78 is 13.3. The lowest BCUT2D eigenvalue weighted by Crippen LogP contribution is -2.38. The van der Waals surface area contributed by atoms with Crippen molar-refractivity contribution in [2.45, 2.75) is 26.3 Å². The minimum atomic E-state index is -0.424. The molecule has 4 nitrogen and oxygen atoms in total. The van der Waals surface area contributed by atoms with E-state index in [0.717, 1.165) is 16.7 Å². The molecule has 2 aromatic carbocycles. The lowest BCUT2D eigenvalue weighted by atomic mass is 9.94. The zero-order valence-corrected chi connectivity index (χ0v) is 13.7. The van der Waals surface area contributed by atoms with E-state index in [1.165, 1.54) is 12.1 Å². The Balaban J connectivity index is 2.20. The Labute approximate surface area is 140 Å². The smallest absolute Gasteiger partial charge is 0.244 e. The fourth-order valence-corrected chi connectivity index (χ4v) is 3.07. The van der Waals surface area contributed by atoms with E-state index < -0.39 is 6.04 Å². The van der Waals surface area contributed by atoms with Crippen LogP contribution in [0.3, 0.4) is 0 Å². The number of aryl methyl sites for hydroxylation is 1. The number of fused-ring (bicyclic) bond motifs is 1. The van der Waals surface area contributed by atoms with Gasteiger partial charge in [0.1, 0.15) is 12.4 Å². The number of benzene rings is 2. The van der Waals surface area contributed by atoms with E-state index >= 15 is 0 Å². The van der Waals surface area contributed by atoms with E-state index in [1.54, 1.807) is 24.0 Å². The summed E-state index contributed by atoms with van der Waals surface area (Å²) in [5.41, 5.74) is 3.34. The molecule has 3 rings (SSSR count). The number of amides is 2. The van der Waals surface area contributed by atoms with E-state index in [-0.39, 0.29) is 24.2 Å². The average Bonchev–Trinajstić information content (AvgIpc) is 2.71. The molecule has 0 bridgehead atoms. The molecule has 1 aliphatic heterocycles. The molecule has 1 N–H and O–H groups in total. The van der Waals surface area contributed by atoms with Gasteiger partial charge in [0.15, 0.2) is 0 Å². The zero-order chi connectivity index (χ0) is 17.3. The van der Waals surface area contributed by atoms with Gasteiger partial charge in [0.2, 0.25) is 11.8 Å². The third-order valence-electron chi connectivity index (χ3n) is 4.21. The zero-order valence-electron chi connectivity index (χ0n) is 13.7. The van der Waals surface area contributed by atoms with Gasteiger partial charge in [0, 0.05) is 17.7 Å². The van der Waals surface area contributed by atoms with Crippen molar-refractivity contribution in [3.63, 3.8) is 0 Å². The Hall–Kier alpha value is -2.69. The van der Waals surface area contributed by atoms with Crippen LogP contribution in [0.2, 0.25) is 0 Å². The van der Waals surface area contributed by atoms with Crippen LogP contribution < -0.4 is 5.32 Å². The summed E-state index contributed by atoms with van der Waals surface area (Å²) in [4.78, 5) is 26.3. The number of halogens is 1. The first-order chi connectivity index (χ1) is 11.5. The number of hydrogen-bond donors (Lipinski definition) is 1. The van der Waals surface area contributed by atoms with E-state index in [2.05, 4.69) is 5.32 Å². The molecule has 0 saturated heterocycles. The van der Waals surface area contributed by atoms with Crippen LogP contribution in [-0.2, 0) is 9.59 Å². The lowest BCUT2D eigenvalue weighted by Gasteiger charge is -2.30. The third kappa shape index (κ3) is 3.02. The summed E-state index contributed by atoms with van der Waals surface area (Å²) in [7, 11) is 0. The van der Waals surface area contributed by atoms with Crippen LogP contribution in [0.25, 0.3) is 0 Å². The van der Waals surface area contributed by atoms with Gasteiger partial charge in [-0.2, -0.15) is 0 Å². The summed E-state index contributed by atoms with van der Waals surface area (Å²) >= 11 is 0. The largest absolute Gasteiger partial charge is 0.324 e. The van der Waals surface area contributed by atoms with Gasteiger partial charge in [-0.1, -0.05) is 36.8 Å². The monoisotopic (exact) mass is 326 g/mol. The number of rotatable bonds is 2. The molecule has 24 heavy (non-hydrogen) atoms. The van der Waals surface area contributed by atoms with E-state index in [0.29, 0.717) is 12.1 Å². The van der Waals surface area contributed by atoms with Gasteiger partial charge < -0.3 is 10.2 Å². The predicted molar refractivity (Wildman–Crippen MR) is 90.1 cm³/mol. The first kappa shape index (κ1) is 16.2. The summed E-state index contributed by atoms with van der Waals surface area (Å²) in [5.74, 6) is -0.681. The van der Waals surface area contributed by atoms with Crippen molar-refractivity contribution < 1.29 is 14.0 Å². The number of carbonyl (C=O) groups excluding carboxylic acids is 2. The van der Waals surface area contributed by atoms with Crippen LogP contribution >= 0.6 is 0 Å². The van der Waals surface area contributed by atoms with Crippen molar-refractivity contribution in [1.82, 2.24) is 4.90 Å². The van der Waals surface area contributed by atoms with Gasteiger partial charge in [-0.15, -0.1) is 0 Å². The second kappa shape index (κ2) is 6.43. The first-order valence-corrected chi connectivity index (χ1v) is 7.95. The number of carbonyl (C=O) groups is 2. The van der Waals surface area contributed by atoms with Crippen molar-refractivity contribution in [2.75, 3.05) is 11.9 Å². The van der Waals surface area contributed by atoms with Gasteiger partial charge in [0.25, 0.3) is 0 Å². The molecule has 1 heterocycles. The molecule has 5 heteroatoms. The highest BCUT2D eigenvalue weighted by molar-refractivity contribution is 5.97. The minimum Gasteiger partial charge on any atom is -0.324 e. The molecule has 0 spiro atoms. The van der Waals surface area contributed by atoms with Crippen LogP contribution in [-0.4, -0.2) is 23.3 Å². The highest BCUT2D eigenvalue weighted by Gasteiger charge is 2.32. The normalized spacial score (nSPS) is 17.0.